The zero-order valence-corrected chi connectivity index (χ0v) is 6.10. The Hall–Kier alpha value is -1.78. The zero-order valence-electron chi connectivity index (χ0n) is 6.10. The first-order valence-electron chi connectivity index (χ1n) is 3.22. The van der Waals surface area contributed by atoms with Crippen molar-refractivity contribution < 1.29 is 19.8 Å². The van der Waals surface area contributed by atoms with Gasteiger partial charge in [-0.3, -0.25) is 4.90 Å². The quantitative estimate of drug-likeness (QED) is 0.599. The van der Waals surface area contributed by atoms with Crippen LogP contribution in [0.15, 0.2) is 23.9 Å². The fraction of sp³-hybridized carbons (Fsp3) is 0.143. The van der Waals surface area contributed by atoms with Gasteiger partial charge >= 0.3 is 12.1 Å². The van der Waals surface area contributed by atoms with E-state index in [1.807, 2.05) is 0 Å². The Morgan fingerprint density at radius 2 is 2.08 bits per heavy atom. The molecule has 0 aliphatic carbocycles. The summed E-state index contributed by atoms with van der Waals surface area (Å²) in [4.78, 5) is 21.7. The number of amides is 1. The molecule has 0 bridgehead atoms. The fourth-order valence-electron chi connectivity index (χ4n) is 0.817. The third kappa shape index (κ3) is 1.63. The van der Waals surface area contributed by atoms with Gasteiger partial charge in [-0.25, -0.2) is 9.59 Å². The molecule has 0 fully saturated rings. The van der Waals surface area contributed by atoms with Crippen LogP contribution in [0, 0.1) is 0 Å². The van der Waals surface area contributed by atoms with Crippen molar-refractivity contribution in [1.82, 2.24) is 4.90 Å². The Bertz CT molecular complexity index is 279. The minimum absolute atomic E-state index is 0.0244. The second-order valence-electron chi connectivity index (χ2n) is 2.23. The first-order valence-corrected chi connectivity index (χ1v) is 3.22. The van der Waals surface area contributed by atoms with E-state index >= 15 is 0 Å². The lowest BCUT2D eigenvalue weighted by atomic mass is 10.2. The highest BCUT2D eigenvalue weighted by atomic mass is 16.4. The highest BCUT2D eigenvalue weighted by Crippen LogP contribution is 2.07. The predicted molar refractivity (Wildman–Crippen MR) is 39.6 cm³/mol. The van der Waals surface area contributed by atoms with Crippen molar-refractivity contribution in [3.05, 3.63) is 23.9 Å². The molecule has 0 atom stereocenters. The summed E-state index contributed by atoms with van der Waals surface area (Å²) >= 11 is 0. The molecule has 0 aromatic carbocycles. The van der Waals surface area contributed by atoms with Gasteiger partial charge in [-0.2, -0.15) is 0 Å². The van der Waals surface area contributed by atoms with Gasteiger partial charge < -0.3 is 10.2 Å². The van der Waals surface area contributed by atoms with Crippen molar-refractivity contribution in [2.75, 3.05) is 6.54 Å². The molecule has 0 spiro atoms. The Morgan fingerprint density at radius 3 is 2.58 bits per heavy atom. The summed E-state index contributed by atoms with van der Waals surface area (Å²) in [5.74, 6) is -1.13. The molecule has 1 heterocycles. The second-order valence-corrected chi connectivity index (χ2v) is 2.23. The highest BCUT2D eigenvalue weighted by molar-refractivity contribution is 5.90. The largest absolute Gasteiger partial charge is 0.478 e. The Morgan fingerprint density at radius 1 is 1.42 bits per heavy atom. The number of nitrogens with zero attached hydrogens (tertiary/aromatic N) is 1. The average Bonchev–Trinajstić information content (AvgIpc) is 2.04. The number of hydrogen-bond acceptors (Lipinski definition) is 2. The molecular formula is C7H7NO4. The number of rotatable bonds is 1. The lowest BCUT2D eigenvalue weighted by Gasteiger charge is -2.15. The second kappa shape index (κ2) is 3.08. The van der Waals surface area contributed by atoms with Crippen LogP contribution in [0.4, 0.5) is 4.79 Å². The van der Waals surface area contributed by atoms with Crippen LogP contribution in [0.5, 0.6) is 0 Å². The summed E-state index contributed by atoms with van der Waals surface area (Å²) in [5, 5.41) is 17.0. The minimum Gasteiger partial charge on any atom is -0.478 e. The summed E-state index contributed by atoms with van der Waals surface area (Å²) in [6.45, 7) is 0.201. The van der Waals surface area contributed by atoms with E-state index in [1.54, 1.807) is 0 Å². The van der Waals surface area contributed by atoms with Crippen LogP contribution in [-0.2, 0) is 4.79 Å². The van der Waals surface area contributed by atoms with E-state index in [0.717, 1.165) is 11.1 Å². The molecule has 0 saturated heterocycles. The molecule has 5 nitrogen and oxygen atoms in total. The van der Waals surface area contributed by atoms with Gasteiger partial charge in [0.15, 0.2) is 0 Å². The average molecular weight is 169 g/mol. The molecule has 12 heavy (non-hydrogen) atoms. The third-order valence-electron chi connectivity index (χ3n) is 1.39. The maximum Gasteiger partial charge on any atom is 0.411 e. The van der Waals surface area contributed by atoms with Crippen LogP contribution in [0.1, 0.15) is 0 Å². The maximum atomic E-state index is 10.4. The Kier molecular flexibility index (Phi) is 2.14. The van der Waals surface area contributed by atoms with Crippen LogP contribution >= 0.6 is 0 Å². The fourth-order valence-corrected chi connectivity index (χ4v) is 0.817. The predicted octanol–water partition coefficient (Wildman–Crippen LogP) is 0.505. The molecule has 1 amide bonds. The monoisotopic (exact) mass is 169 g/mol. The summed E-state index contributed by atoms with van der Waals surface area (Å²) in [5.41, 5.74) is -0.0244. The van der Waals surface area contributed by atoms with Gasteiger partial charge in [0.2, 0.25) is 0 Å². The molecule has 0 unspecified atom stereocenters. The van der Waals surface area contributed by atoms with Crippen LogP contribution in [0.3, 0.4) is 0 Å². The summed E-state index contributed by atoms with van der Waals surface area (Å²) in [6.07, 6.45) is 2.79. The van der Waals surface area contributed by atoms with Crippen LogP contribution in [0.2, 0.25) is 0 Å². The molecule has 0 radical (unpaired) electrons. The maximum absolute atomic E-state index is 10.4. The van der Waals surface area contributed by atoms with Crippen molar-refractivity contribution in [3.63, 3.8) is 0 Å². The van der Waals surface area contributed by atoms with Crippen LogP contribution in [0.25, 0.3) is 0 Å². The minimum atomic E-state index is -1.15. The molecule has 1 rings (SSSR count). The van der Waals surface area contributed by atoms with E-state index in [2.05, 4.69) is 0 Å². The van der Waals surface area contributed by atoms with E-state index < -0.39 is 12.1 Å². The normalized spacial score (nSPS) is 15.7. The Labute approximate surface area is 68.2 Å². The van der Waals surface area contributed by atoms with Gasteiger partial charge in [0.05, 0.1) is 5.57 Å². The van der Waals surface area contributed by atoms with Crippen LogP contribution in [-0.4, -0.2) is 33.7 Å². The van der Waals surface area contributed by atoms with Gasteiger partial charge in [-0.05, 0) is 6.08 Å². The lowest BCUT2D eigenvalue weighted by Crippen LogP contribution is -2.27. The van der Waals surface area contributed by atoms with Crippen molar-refractivity contribution in [1.29, 1.82) is 0 Å². The van der Waals surface area contributed by atoms with E-state index in [-0.39, 0.29) is 12.1 Å². The molecule has 64 valence electrons. The molecule has 0 aromatic heterocycles. The molecule has 1 aliphatic heterocycles. The van der Waals surface area contributed by atoms with Crippen molar-refractivity contribution in [3.8, 4) is 0 Å². The summed E-state index contributed by atoms with van der Waals surface area (Å²) in [6, 6.07) is 0. The van der Waals surface area contributed by atoms with E-state index in [1.165, 1.54) is 12.2 Å². The first-order chi connectivity index (χ1) is 5.61. The number of aliphatic carboxylic acids is 1. The Balaban J connectivity index is 2.82. The number of carboxylic acids is 1. The third-order valence-corrected chi connectivity index (χ3v) is 1.39. The number of hydrogen-bond donors (Lipinski definition) is 2. The summed E-state index contributed by atoms with van der Waals surface area (Å²) in [7, 11) is 0. The molecule has 2 N–H and O–H groups in total. The lowest BCUT2D eigenvalue weighted by molar-refractivity contribution is -0.132. The van der Waals surface area contributed by atoms with Gasteiger partial charge in [0, 0.05) is 12.7 Å². The molecule has 0 aromatic rings. The molecule has 5 heteroatoms. The highest BCUT2D eigenvalue weighted by Gasteiger charge is 2.14. The van der Waals surface area contributed by atoms with Gasteiger partial charge in [-0.15, -0.1) is 0 Å². The van der Waals surface area contributed by atoms with Crippen molar-refractivity contribution >= 4 is 12.1 Å². The van der Waals surface area contributed by atoms with Gasteiger partial charge in [0.1, 0.15) is 0 Å². The van der Waals surface area contributed by atoms with Crippen molar-refractivity contribution in [2.24, 2.45) is 0 Å². The number of carboxylic acid groups (broad SMARTS) is 2. The summed E-state index contributed by atoms with van der Waals surface area (Å²) < 4.78 is 0. The van der Waals surface area contributed by atoms with E-state index in [0.29, 0.717) is 0 Å². The van der Waals surface area contributed by atoms with E-state index in [4.69, 9.17) is 10.2 Å². The first kappa shape index (κ1) is 8.32. The topological polar surface area (TPSA) is 77.8 Å². The van der Waals surface area contributed by atoms with Crippen molar-refractivity contribution in [2.45, 2.75) is 0 Å². The van der Waals surface area contributed by atoms with Gasteiger partial charge in [0.25, 0.3) is 0 Å². The zero-order chi connectivity index (χ0) is 9.14. The smallest absolute Gasteiger partial charge is 0.411 e. The molecule has 0 saturated carbocycles. The molecule has 1 aliphatic rings. The van der Waals surface area contributed by atoms with Crippen LogP contribution < -0.4 is 0 Å². The molecular weight excluding hydrogens is 162 g/mol. The SMILES string of the molecule is O=C(O)C1=CN(C(=O)O)CC=C1. The van der Waals surface area contributed by atoms with Gasteiger partial charge in [-0.1, -0.05) is 6.08 Å². The standard InChI is InChI=1S/C7H7NO4/c9-6(10)5-2-1-3-8(4-5)7(11)12/h1-2,4H,3H2,(H,9,10)(H,11,12). The number of carbonyl (C=O) groups is 2. The van der Waals surface area contributed by atoms with E-state index in [9.17, 15) is 9.59 Å².